The molecule has 0 radical (unpaired) electrons. The van der Waals surface area contributed by atoms with Crippen LogP contribution >= 0.6 is 24.0 Å². The van der Waals surface area contributed by atoms with Gasteiger partial charge in [-0.05, 0) is 48.6 Å². The molecule has 148 valence electrons. The molecule has 0 aliphatic carbocycles. The van der Waals surface area contributed by atoms with Gasteiger partial charge in [0.15, 0.2) is 6.61 Å². The molecule has 0 bridgehead atoms. The quantitative estimate of drug-likeness (QED) is 0.433. The van der Waals surface area contributed by atoms with Crippen LogP contribution in [0.15, 0.2) is 53.4 Å². The molecule has 4 rings (SSSR count). The number of amides is 2. The molecule has 1 fully saturated rings. The van der Waals surface area contributed by atoms with Crippen molar-refractivity contribution in [3.05, 3.63) is 64.6 Å². The minimum Gasteiger partial charge on any atom is -0.482 e. The van der Waals surface area contributed by atoms with Gasteiger partial charge in [-0.3, -0.25) is 9.59 Å². The summed E-state index contributed by atoms with van der Waals surface area (Å²) in [5, 5.41) is 2.61. The Labute approximate surface area is 179 Å². The number of aryl methyl sites for hydroxylation is 1. The van der Waals surface area contributed by atoms with Gasteiger partial charge in [-0.1, -0.05) is 60.4 Å². The van der Waals surface area contributed by atoms with Crippen LogP contribution in [0.5, 0.6) is 5.75 Å². The van der Waals surface area contributed by atoms with Crippen molar-refractivity contribution in [1.82, 2.24) is 5.32 Å². The van der Waals surface area contributed by atoms with Gasteiger partial charge in [-0.15, -0.1) is 0 Å². The van der Waals surface area contributed by atoms with Gasteiger partial charge in [0, 0.05) is 6.54 Å². The molecule has 5 nitrogen and oxygen atoms in total. The number of thiocarbonyl (C=S) groups is 1. The first-order chi connectivity index (χ1) is 14.1. The highest BCUT2D eigenvalue weighted by molar-refractivity contribution is 8.26. The molecule has 2 aromatic rings. The van der Waals surface area contributed by atoms with Crippen LogP contribution in [0.25, 0.3) is 6.08 Å². The summed E-state index contributed by atoms with van der Waals surface area (Å²) in [6.07, 6.45) is 4.68. The summed E-state index contributed by atoms with van der Waals surface area (Å²) >= 11 is 6.27. The van der Waals surface area contributed by atoms with Crippen LogP contribution in [0.1, 0.15) is 24.0 Å². The Morgan fingerprint density at radius 2 is 1.97 bits per heavy atom. The number of hydrogen-bond donors (Lipinski definition) is 1. The molecule has 1 N–H and O–H groups in total. The molecule has 1 saturated heterocycles. The van der Waals surface area contributed by atoms with Gasteiger partial charge >= 0.3 is 0 Å². The van der Waals surface area contributed by atoms with Crippen LogP contribution in [-0.2, 0) is 16.0 Å². The van der Waals surface area contributed by atoms with Gasteiger partial charge in [-0.25, -0.2) is 0 Å². The second kappa shape index (κ2) is 8.80. The van der Waals surface area contributed by atoms with Gasteiger partial charge in [0.2, 0.25) is 0 Å². The lowest BCUT2D eigenvalue weighted by molar-refractivity contribution is -0.121. The summed E-state index contributed by atoms with van der Waals surface area (Å²) < 4.78 is 6.04. The fraction of sp³-hybridized carbons (Fsp3) is 0.227. The van der Waals surface area contributed by atoms with E-state index in [0.29, 0.717) is 21.5 Å². The fourth-order valence-electron chi connectivity index (χ4n) is 3.37. The topological polar surface area (TPSA) is 58.6 Å². The zero-order valence-electron chi connectivity index (χ0n) is 15.7. The van der Waals surface area contributed by atoms with Crippen molar-refractivity contribution < 1.29 is 14.3 Å². The molecule has 2 aromatic carbocycles. The lowest BCUT2D eigenvalue weighted by atomic mass is 10.1. The van der Waals surface area contributed by atoms with Crippen molar-refractivity contribution in [1.29, 1.82) is 0 Å². The highest BCUT2D eigenvalue weighted by atomic mass is 32.2. The maximum atomic E-state index is 12.5. The maximum Gasteiger partial charge on any atom is 0.265 e. The van der Waals surface area contributed by atoms with Gasteiger partial charge in [-0.2, -0.15) is 0 Å². The zero-order valence-corrected chi connectivity index (χ0v) is 17.4. The Bertz CT molecular complexity index is 989. The second-order valence-corrected chi connectivity index (χ2v) is 8.58. The van der Waals surface area contributed by atoms with Crippen molar-refractivity contribution in [3.63, 3.8) is 0 Å². The molecule has 0 spiro atoms. The summed E-state index contributed by atoms with van der Waals surface area (Å²) in [6, 6.07) is 16.0. The number of nitrogens with zero attached hydrogens (tertiary/aromatic N) is 1. The van der Waals surface area contributed by atoms with E-state index in [-0.39, 0.29) is 18.4 Å². The molecule has 0 atom stereocenters. The van der Waals surface area contributed by atoms with E-state index in [1.807, 2.05) is 36.4 Å². The molecule has 2 amide bonds. The lowest BCUT2D eigenvalue weighted by Crippen LogP contribution is -2.39. The first-order valence-corrected chi connectivity index (χ1v) is 10.7. The van der Waals surface area contributed by atoms with Crippen LogP contribution in [0.4, 0.5) is 5.69 Å². The van der Waals surface area contributed by atoms with E-state index in [1.54, 1.807) is 11.0 Å². The van der Waals surface area contributed by atoms with Gasteiger partial charge < -0.3 is 15.0 Å². The van der Waals surface area contributed by atoms with Crippen LogP contribution in [0, 0.1) is 0 Å². The number of fused-ring (bicyclic) bond motifs is 1. The van der Waals surface area contributed by atoms with Gasteiger partial charge in [0.1, 0.15) is 10.1 Å². The number of ether oxygens (including phenoxy) is 1. The molecule has 2 aliphatic heterocycles. The zero-order chi connectivity index (χ0) is 20.2. The fourth-order valence-corrected chi connectivity index (χ4v) is 4.41. The van der Waals surface area contributed by atoms with Crippen molar-refractivity contribution in [2.75, 3.05) is 18.1 Å². The highest BCUT2D eigenvalue weighted by Gasteiger charge is 2.26. The third-order valence-corrected chi connectivity index (χ3v) is 5.97. The molecule has 29 heavy (non-hydrogen) atoms. The van der Waals surface area contributed by atoms with Gasteiger partial charge in [0.05, 0.1) is 10.6 Å². The Kier molecular flexibility index (Phi) is 5.97. The lowest BCUT2D eigenvalue weighted by Gasteiger charge is -2.29. The molecule has 7 heteroatoms. The largest absolute Gasteiger partial charge is 0.482 e. The Balaban J connectivity index is 1.47. The average Bonchev–Trinajstić information content (AvgIpc) is 3.04. The van der Waals surface area contributed by atoms with Crippen molar-refractivity contribution in [3.8, 4) is 5.75 Å². The minimum atomic E-state index is -0.192. The summed E-state index contributed by atoms with van der Waals surface area (Å²) in [4.78, 5) is 26.7. The third kappa shape index (κ3) is 4.68. The van der Waals surface area contributed by atoms with Crippen molar-refractivity contribution in [2.45, 2.75) is 19.3 Å². The number of unbranched alkanes of at least 4 members (excludes halogenated alkanes) is 1. The Morgan fingerprint density at radius 3 is 2.72 bits per heavy atom. The van der Waals surface area contributed by atoms with Crippen LogP contribution in [0.3, 0.4) is 0 Å². The number of anilines is 1. The number of hydrogen-bond acceptors (Lipinski definition) is 5. The molecule has 0 unspecified atom stereocenters. The first kappa shape index (κ1) is 19.7. The van der Waals surface area contributed by atoms with E-state index in [0.717, 1.165) is 30.5 Å². The summed E-state index contributed by atoms with van der Waals surface area (Å²) in [5.41, 5.74) is 2.89. The molecule has 0 aromatic heterocycles. The minimum absolute atomic E-state index is 0.0452. The predicted octanol–water partition coefficient (Wildman–Crippen LogP) is 3.92. The van der Waals surface area contributed by atoms with Crippen LogP contribution < -0.4 is 15.0 Å². The smallest absolute Gasteiger partial charge is 0.265 e. The average molecular weight is 425 g/mol. The summed E-state index contributed by atoms with van der Waals surface area (Å²) in [6.45, 7) is 0.694. The molecule has 2 aliphatic rings. The third-order valence-electron chi connectivity index (χ3n) is 4.81. The molecule has 2 heterocycles. The van der Waals surface area contributed by atoms with Crippen molar-refractivity contribution >= 4 is 51.9 Å². The number of rotatable bonds is 6. The van der Waals surface area contributed by atoms with Crippen LogP contribution in [0.2, 0.25) is 0 Å². The molecular weight excluding hydrogens is 404 g/mol. The van der Waals surface area contributed by atoms with Crippen LogP contribution in [-0.4, -0.2) is 29.3 Å². The number of thioether (sulfide) groups is 1. The molecular formula is C22H20N2O3S2. The first-order valence-electron chi connectivity index (χ1n) is 9.46. The summed E-state index contributed by atoms with van der Waals surface area (Å²) in [7, 11) is 0. The van der Waals surface area contributed by atoms with E-state index in [9.17, 15) is 9.59 Å². The Hall–Kier alpha value is -2.64. The predicted molar refractivity (Wildman–Crippen MR) is 120 cm³/mol. The highest BCUT2D eigenvalue weighted by Crippen LogP contribution is 2.35. The van der Waals surface area contributed by atoms with Crippen molar-refractivity contribution in [2.24, 2.45) is 0 Å². The Morgan fingerprint density at radius 1 is 1.14 bits per heavy atom. The monoisotopic (exact) mass is 424 g/mol. The normalized spacial score (nSPS) is 17.3. The number of nitrogens with one attached hydrogen (secondary N) is 1. The van der Waals surface area contributed by atoms with E-state index < -0.39 is 0 Å². The number of carbonyl (C=O) groups is 2. The van der Waals surface area contributed by atoms with E-state index in [2.05, 4.69) is 17.4 Å². The standard InChI is InChI=1S/C22H20N2O3S2/c25-20-14-27-18-10-9-16(13-19-21(26)23-22(28)29-19)12-17(18)24(20)11-5-4-8-15-6-2-1-3-7-15/h1-3,6-7,9-10,12-13H,4-5,8,11,14H2,(H,23,26,28)/b19-13+. The van der Waals surface area contributed by atoms with E-state index in [1.165, 1.54) is 17.3 Å². The molecule has 0 saturated carbocycles. The maximum absolute atomic E-state index is 12.5. The SMILES string of the molecule is O=C1NC(=S)S/C1=C/c1ccc2c(c1)N(CCCCc1ccccc1)C(=O)CO2. The van der Waals surface area contributed by atoms with Gasteiger partial charge in [0.25, 0.3) is 11.8 Å². The second-order valence-electron chi connectivity index (χ2n) is 6.86. The number of benzene rings is 2. The number of carbonyl (C=O) groups excluding carboxylic acids is 2. The van der Waals surface area contributed by atoms with E-state index in [4.69, 9.17) is 17.0 Å². The summed E-state index contributed by atoms with van der Waals surface area (Å²) in [5.74, 6) is 0.452. The van der Waals surface area contributed by atoms with E-state index >= 15 is 0 Å².